The van der Waals surface area contributed by atoms with Gasteiger partial charge in [0.1, 0.15) is 17.5 Å². The smallest absolute Gasteiger partial charge is 0.223 e. The predicted octanol–water partition coefficient (Wildman–Crippen LogP) is 1.27. The number of anilines is 4. The van der Waals surface area contributed by atoms with Crippen LogP contribution in [0.3, 0.4) is 0 Å². The van der Waals surface area contributed by atoms with Crippen molar-refractivity contribution in [3.05, 3.63) is 29.4 Å². The van der Waals surface area contributed by atoms with E-state index >= 15 is 0 Å². The molecule has 4 rings (SSSR count). The van der Waals surface area contributed by atoms with Gasteiger partial charge in [0.2, 0.25) is 5.95 Å². The van der Waals surface area contributed by atoms with E-state index in [1.807, 2.05) is 18.2 Å². The van der Waals surface area contributed by atoms with Gasteiger partial charge in [-0.1, -0.05) is 11.6 Å². The number of pyridine rings is 1. The molecule has 0 aliphatic carbocycles. The Morgan fingerprint density at radius 2 is 1.42 bits per heavy atom. The van der Waals surface area contributed by atoms with Crippen molar-refractivity contribution in [2.75, 3.05) is 72.9 Å². The maximum atomic E-state index is 5.97. The Hall–Kier alpha value is -2.32. The molecule has 0 atom stereocenters. The summed E-state index contributed by atoms with van der Waals surface area (Å²) in [7, 11) is 0. The monoisotopic (exact) mass is 375 g/mol. The van der Waals surface area contributed by atoms with Crippen molar-refractivity contribution in [1.29, 1.82) is 0 Å². The number of nitrogen functional groups attached to an aromatic ring is 1. The van der Waals surface area contributed by atoms with E-state index in [1.54, 1.807) is 6.20 Å². The van der Waals surface area contributed by atoms with Crippen LogP contribution in [0.15, 0.2) is 24.4 Å². The molecule has 2 aromatic rings. The van der Waals surface area contributed by atoms with Crippen LogP contribution in [0.5, 0.6) is 0 Å². The van der Waals surface area contributed by atoms with E-state index in [0.717, 1.165) is 56.7 Å². The molecule has 2 aliphatic rings. The summed E-state index contributed by atoms with van der Waals surface area (Å²) < 4.78 is 5.41. The summed E-state index contributed by atoms with van der Waals surface area (Å²) >= 11 is 5.92. The highest BCUT2D eigenvalue weighted by atomic mass is 35.5. The van der Waals surface area contributed by atoms with Crippen LogP contribution in [0.1, 0.15) is 0 Å². The summed E-state index contributed by atoms with van der Waals surface area (Å²) in [4.78, 5) is 19.9. The van der Waals surface area contributed by atoms with Gasteiger partial charge in [-0.2, -0.15) is 9.97 Å². The highest BCUT2D eigenvalue weighted by molar-refractivity contribution is 6.30. The maximum absolute atomic E-state index is 5.97. The minimum absolute atomic E-state index is 0.311. The van der Waals surface area contributed by atoms with Crippen LogP contribution in [0.25, 0.3) is 0 Å². The van der Waals surface area contributed by atoms with Gasteiger partial charge in [0, 0.05) is 51.5 Å². The molecule has 8 nitrogen and oxygen atoms in total. The van der Waals surface area contributed by atoms with Crippen LogP contribution >= 0.6 is 11.6 Å². The van der Waals surface area contributed by atoms with Crippen molar-refractivity contribution < 1.29 is 4.74 Å². The fourth-order valence-corrected chi connectivity index (χ4v) is 3.39. The molecule has 2 N–H and O–H groups in total. The first-order valence-corrected chi connectivity index (χ1v) is 9.15. The molecule has 2 fully saturated rings. The molecule has 0 radical (unpaired) electrons. The first-order chi connectivity index (χ1) is 12.7. The SMILES string of the molecule is Nc1nc(N2CCOCC2)cc(N2CCN(c3ccc(Cl)cn3)CC2)n1. The molecular formula is C17H22ClN7O. The lowest BCUT2D eigenvalue weighted by Gasteiger charge is -2.36. The molecule has 2 aliphatic heterocycles. The van der Waals surface area contributed by atoms with Gasteiger partial charge in [-0.05, 0) is 12.1 Å². The molecule has 0 bridgehead atoms. The zero-order valence-electron chi connectivity index (χ0n) is 14.5. The number of ether oxygens (including phenoxy) is 1. The van der Waals surface area contributed by atoms with Crippen molar-refractivity contribution in [3.8, 4) is 0 Å². The van der Waals surface area contributed by atoms with Gasteiger partial charge in [0.15, 0.2) is 0 Å². The van der Waals surface area contributed by atoms with Crippen LogP contribution in [-0.2, 0) is 4.74 Å². The number of rotatable bonds is 3. The molecular weight excluding hydrogens is 354 g/mol. The minimum Gasteiger partial charge on any atom is -0.378 e. The third kappa shape index (κ3) is 3.76. The molecule has 26 heavy (non-hydrogen) atoms. The topological polar surface area (TPSA) is 83.6 Å². The van der Waals surface area contributed by atoms with Crippen molar-refractivity contribution in [2.45, 2.75) is 0 Å². The van der Waals surface area contributed by atoms with Gasteiger partial charge in [0.25, 0.3) is 0 Å². The van der Waals surface area contributed by atoms with E-state index in [-0.39, 0.29) is 0 Å². The lowest BCUT2D eigenvalue weighted by atomic mass is 10.3. The third-order valence-electron chi connectivity index (χ3n) is 4.69. The van der Waals surface area contributed by atoms with E-state index in [0.29, 0.717) is 24.2 Å². The highest BCUT2D eigenvalue weighted by Gasteiger charge is 2.21. The summed E-state index contributed by atoms with van der Waals surface area (Å²) in [5, 5.41) is 0.652. The number of halogens is 1. The summed E-state index contributed by atoms with van der Waals surface area (Å²) in [5.74, 6) is 3.01. The number of morpholine rings is 1. The molecule has 2 aromatic heterocycles. The number of nitrogens with two attached hydrogens (primary N) is 1. The summed E-state index contributed by atoms with van der Waals surface area (Å²) in [6, 6.07) is 5.85. The molecule has 0 spiro atoms. The van der Waals surface area contributed by atoms with Crippen LogP contribution in [0, 0.1) is 0 Å². The Balaban J connectivity index is 1.45. The van der Waals surface area contributed by atoms with Gasteiger partial charge in [0.05, 0.1) is 18.2 Å². The van der Waals surface area contributed by atoms with E-state index in [2.05, 4.69) is 29.7 Å². The molecule has 4 heterocycles. The Labute approximate surface area is 157 Å². The molecule has 138 valence electrons. The Morgan fingerprint density at radius 3 is 2.00 bits per heavy atom. The van der Waals surface area contributed by atoms with E-state index < -0.39 is 0 Å². The standard InChI is InChI=1S/C17H22ClN7O/c18-13-1-2-14(20-12-13)23-3-5-24(6-4-23)15-11-16(22-17(19)21-15)25-7-9-26-10-8-25/h1-2,11-12H,3-10H2,(H2,19,21,22). The van der Waals surface area contributed by atoms with Gasteiger partial charge < -0.3 is 25.2 Å². The number of aromatic nitrogens is 3. The predicted molar refractivity (Wildman–Crippen MR) is 103 cm³/mol. The largest absolute Gasteiger partial charge is 0.378 e. The lowest BCUT2D eigenvalue weighted by Crippen LogP contribution is -2.47. The zero-order chi connectivity index (χ0) is 17.9. The average molecular weight is 376 g/mol. The molecule has 0 amide bonds. The van der Waals surface area contributed by atoms with E-state index in [9.17, 15) is 0 Å². The number of piperazine rings is 1. The fraction of sp³-hybridized carbons (Fsp3) is 0.471. The number of nitrogens with zero attached hydrogens (tertiary/aromatic N) is 6. The summed E-state index contributed by atoms with van der Waals surface area (Å²) in [6.07, 6.45) is 1.68. The Morgan fingerprint density at radius 1 is 0.846 bits per heavy atom. The second-order valence-corrected chi connectivity index (χ2v) is 6.79. The molecule has 0 aromatic carbocycles. The van der Waals surface area contributed by atoms with Gasteiger partial charge in [-0.25, -0.2) is 4.98 Å². The minimum atomic E-state index is 0.311. The van der Waals surface area contributed by atoms with E-state index in [1.165, 1.54) is 0 Å². The van der Waals surface area contributed by atoms with Gasteiger partial charge in [-0.15, -0.1) is 0 Å². The highest BCUT2D eigenvalue weighted by Crippen LogP contribution is 2.23. The van der Waals surface area contributed by atoms with Crippen molar-refractivity contribution in [2.24, 2.45) is 0 Å². The normalized spacial score (nSPS) is 18.3. The summed E-state index contributed by atoms with van der Waals surface area (Å²) in [6.45, 7) is 6.51. The number of hydrogen-bond donors (Lipinski definition) is 1. The second-order valence-electron chi connectivity index (χ2n) is 6.35. The van der Waals surface area contributed by atoms with Crippen LogP contribution < -0.4 is 20.4 Å². The van der Waals surface area contributed by atoms with Gasteiger partial charge >= 0.3 is 0 Å². The second kappa shape index (κ2) is 7.51. The van der Waals surface area contributed by atoms with E-state index in [4.69, 9.17) is 22.1 Å². The van der Waals surface area contributed by atoms with Gasteiger partial charge in [-0.3, -0.25) is 0 Å². The molecule has 0 unspecified atom stereocenters. The first kappa shape index (κ1) is 17.1. The average Bonchev–Trinajstić information content (AvgIpc) is 2.69. The Kier molecular flexibility index (Phi) is 4.94. The molecule has 2 saturated heterocycles. The maximum Gasteiger partial charge on any atom is 0.223 e. The number of hydrogen-bond acceptors (Lipinski definition) is 8. The molecule has 0 saturated carbocycles. The first-order valence-electron chi connectivity index (χ1n) is 8.78. The van der Waals surface area contributed by atoms with Crippen molar-refractivity contribution in [3.63, 3.8) is 0 Å². The fourth-order valence-electron chi connectivity index (χ4n) is 3.28. The Bertz CT molecular complexity index is 743. The van der Waals surface area contributed by atoms with Crippen LogP contribution in [0.4, 0.5) is 23.4 Å². The molecule has 9 heteroatoms. The zero-order valence-corrected chi connectivity index (χ0v) is 15.3. The summed E-state index contributed by atoms with van der Waals surface area (Å²) in [5.41, 5.74) is 5.97. The lowest BCUT2D eigenvalue weighted by molar-refractivity contribution is 0.122. The van der Waals surface area contributed by atoms with Crippen LogP contribution in [-0.4, -0.2) is 67.4 Å². The van der Waals surface area contributed by atoms with Crippen molar-refractivity contribution in [1.82, 2.24) is 15.0 Å². The van der Waals surface area contributed by atoms with Crippen molar-refractivity contribution >= 4 is 35.0 Å². The third-order valence-corrected chi connectivity index (χ3v) is 4.91. The van der Waals surface area contributed by atoms with Crippen LogP contribution in [0.2, 0.25) is 5.02 Å². The quantitative estimate of drug-likeness (QED) is 0.858.